The first kappa shape index (κ1) is 15.8. The molecular weight excluding hydrogens is 266 g/mol. The normalized spacial score (nSPS) is 24.3. The van der Waals surface area contributed by atoms with Gasteiger partial charge in [0.25, 0.3) is 5.91 Å². The second-order valence-corrected chi connectivity index (χ2v) is 6.28. The van der Waals surface area contributed by atoms with E-state index in [-0.39, 0.29) is 24.1 Å². The van der Waals surface area contributed by atoms with Crippen molar-refractivity contribution in [2.24, 2.45) is 0 Å². The lowest BCUT2D eigenvalue weighted by Gasteiger charge is -2.32. The van der Waals surface area contributed by atoms with Gasteiger partial charge >= 0.3 is 0 Å². The summed E-state index contributed by atoms with van der Waals surface area (Å²) < 4.78 is 10.9. The maximum atomic E-state index is 12.8. The molecule has 1 amide bonds. The van der Waals surface area contributed by atoms with E-state index in [1.165, 1.54) is 0 Å². The van der Waals surface area contributed by atoms with Crippen molar-refractivity contribution >= 4 is 5.91 Å². The molecule has 0 unspecified atom stereocenters. The van der Waals surface area contributed by atoms with Crippen molar-refractivity contribution < 1.29 is 14.3 Å². The molecule has 1 aromatic rings. The van der Waals surface area contributed by atoms with Crippen LogP contribution in [-0.2, 0) is 9.53 Å². The highest BCUT2D eigenvalue weighted by atomic mass is 16.6. The lowest BCUT2D eigenvalue weighted by atomic mass is 9.98. The van der Waals surface area contributed by atoms with Gasteiger partial charge in [0.05, 0.1) is 7.11 Å². The monoisotopic (exact) mass is 291 g/mol. The van der Waals surface area contributed by atoms with Crippen molar-refractivity contribution in [2.45, 2.75) is 58.4 Å². The number of epoxide rings is 1. The zero-order valence-electron chi connectivity index (χ0n) is 13.7. The first-order chi connectivity index (χ1) is 9.81. The van der Waals surface area contributed by atoms with Crippen molar-refractivity contribution in [3.8, 4) is 5.75 Å². The number of carbonyl (C=O) groups is 1. The summed E-state index contributed by atoms with van der Waals surface area (Å²) in [6, 6.07) is 8.02. The lowest BCUT2D eigenvalue weighted by Crippen LogP contribution is -2.48. The van der Waals surface area contributed by atoms with Crippen molar-refractivity contribution in [2.75, 3.05) is 7.11 Å². The van der Waals surface area contributed by atoms with Crippen LogP contribution in [-0.4, -0.2) is 35.6 Å². The molecule has 1 aromatic carbocycles. The van der Waals surface area contributed by atoms with E-state index in [2.05, 4.69) is 0 Å². The predicted molar refractivity (Wildman–Crippen MR) is 82.3 cm³/mol. The van der Waals surface area contributed by atoms with Crippen LogP contribution < -0.4 is 4.74 Å². The number of benzene rings is 1. The third-order valence-corrected chi connectivity index (χ3v) is 4.00. The third-order valence-electron chi connectivity index (χ3n) is 4.00. The minimum absolute atomic E-state index is 0.0633. The molecule has 21 heavy (non-hydrogen) atoms. The van der Waals surface area contributed by atoms with E-state index in [1.807, 2.05) is 63.8 Å². The molecule has 1 saturated heterocycles. The summed E-state index contributed by atoms with van der Waals surface area (Å²) >= 11 is 0. The number of hydrogen-bond acceptors (Lipinski definition) is 3. The summed E-state index contributed by atoms with van der Waals surface area (Å²) in [6.07, 6.45) is -0.170. The van der Waals surface area contributed by atoms with Gasteiger partial charge in [-0.3, -0.25) is 4.79 Å². The molecule has 0 spiro atoms. The highest BCUT2D eigenvalue weighted by Crippen LogP contribution is 2.51. The number of methoxy groups -OCH3 is 1. The molecule has 0 aliphatic carbocycles. The molecule has 0 N–H and O–H groups in total. The van der Waals surface area contributed by atoms with Gasteiger partial charge in [-0.25, -0.2) is 0 Å². The number of rotatable bonds is 5. The van der Waals surface area contributed by atoms with Gasteiger partial charge < -0.3 is 14.4 Å². The average molecular weight is 291 g/mol. The Balaban J connectivity index is 2.16. The zero-order valence-corrected chi connectivity index (χ0v) is 13.7. The fraction of sp³-hybridized carbons (Fsp3) is 0.588. The first-order valence-corrected chi connectivity index (χ1v) is 7.45. The second-order valence-electron chi connectivity index (χ2n) is 6.28. The number of carbonyl (C=O) groups excluding carboxylic acids is 1. The van der Waals surface area contributed by atoms with Crippen LogP contribution >= 0.6 is 0 Å². The molecule has 4 heteroatoms. The van der Waals surface area contributed by atoms with Gasteiger partial charge in [0, 0.05) is 12.1 Å². The van der Waals surface area contributed by atoms with Gasteiger partial charge in [-0.15, -0.1) is 0 Å². The summed E-state index contributed by atoms with van der Waals surface area (Å²) in [7, 11) is 1.64. The lowest BCUT2D eigenvalue weighted by molar-refractivity contribution is -0.140. The van der Waals surface area contributed by atoms with Gasteiger partial charge in [-0.2, -0.15) is 0 Å². The van der Waals surface area contributed by atoms with Crippen LogP contribution in [0.3, 0.4) is 0 Å². The van der Waals surface area contributed by atoms with Crippen LogP contribution in [0.1, 0.15) is 46.3 Å². The number of ether oxygens (including phenoxy) is 2. The number of amides is 1. The fourth-order valence-corrected chi connectivity index (χ4v) is 2.86. The molecule has 0 radical (unpaired) electrons. The Kier molecular flexibility index (Phi) is 4.28. The van der Waals surface area contributed by atoms with E-state index in [0.29, 0.717) is 0 Å². The van der Waals surface area contributed by atoms with Gasteiger partial charge in [-0.1, -0.05) is 12.1 Å². The minimum atomic E-state index is -0.747. The topological polar surface area (TPSA) is 42.1 Å². The summed E-state index contributed by atoms with van der Waals surface area (Å²) in [5, 5.41) is 0. The van der Waals surface area contributed by atoms with Crippen LogP contribution in [0, 0.1) is 0 Å². The van der Waals surface area contributed by atoms with E-state index in [1.54, 1.807) is 7.11 Å². The second kappa shape index (κ2) is 5.68. The first-order valence-electron chi connectivity index (χ1n) is 7.45. The Morgan fingerprint density at radius 3 is 2.14 bits per heavy atom. The van der Waals surface area contributed by atoms with Crippen molar-refractivity contribution in [1.82, 2.24) is 4.90 Å². The highest BCUT2D eigenvalue weighted by molar-refractivity contribution is 5.89. The Morgan fingerprint density at radius 2 is 1.71 bits per heavy atom. The molecule has 116 valence electrons. The largest absolute Gasteiger partial charge is 0.497 e. The quantitative estimate of drug-likeness (QED) is 0.783. The van der Waals surface area contributed by atoms with E-state index in [9.17, 15) is 4.79 Å². The molecule has 0 bridgehead atoms. The molecule has 1 fully saturated rings. The molecule has 0 aromatic heterocycles. The standard InChI is InChI=1S/C17H25NO3/c1-11(2)18(12(3)4)16(19)17(5)15(21-17)13-7-9-14(20-6)10-8-13/h7-12,15H,1-6H3/t15-,17+/m1/s1. The smallest absolute Gasteiger partial charge is 0.258 e. The minimum Gasteiger partial charge on any atom is -0.497 e. The van der Waals surface area contributed by atoms with Crippen molar-refractivity contribution in [1.29, 1.82) is 0 Å². The van der Waals surface area contributed by atoms with E-state index in [0.717, 1.165) is 11.3 Å². The molecule has 4 nitrogen and oxygen atoms in total. The van der Waals surface area contributed by atoms with E-state index < -0.39 is 5.60 Å². The van der Waals surface area contributed by atoms with Crippen LogP contribution in [0.5, 0.6) is 5.75 Å². The van der Waals surface area contributed by atoms with Crippen LogP contribution in [0.15, 0.2) is 24.3 Å². The average Bonchev–Trinajstić information content (AvgIpc) is 3.12. The molecule has 0 saturated carbocycles. The third kappa shape index (κ3) is 2.91. The van der Waals surface area contributed by atoms with Crippen molar-refractivity contribution in [3.63, 3.8) is 0 Å². The zero-order chi connectivity index (χ0) is 15.8. The van der Waals surface area contributed by atoms with Crippen LogP contribution in [0.2, 0.25) is 0 Å². The van der Waals surface area contributed by atoms with E-state index >= 15 is 0 Å². The van der Waals surface area contributed by atoms with Gasteiger partial charge in [0.15, 0.2) is 5.60 Å². The van der Waals surface area contributed by atoms with Crippen LogP contribution in [0.25, 0.3) is 0 Å². The fourth-order valence-electron chi connectivity index (χ4n) is 2.86. The van der Waals surface area contributed by atoms with Crippen molar-refractivity contribution in [3.05, 3.63) is 29.8 Å². The maximum Gasteiger partial charge on any atom is 0.258 e. The van der Waals surface area contributed by atoms with Gasteiger partial charge in [0.2, 0.25) is 0 Å². The maximum absolute atomic E-state index is 12.8. The molecular formula is C17H25NO3. The number of hydrogen-bond donors (Lipinski definition) is 0. The Bertz CT molecular complexity index is 501. The molecule has 1 aliphatic heterocycles. The molecule has 2 atom stereocenters. The SMILES string of the molecule is COc1ccc([C@H]2O[C@]2(C)C(=O)N(C(C)C)C(C)C)cc1. The van der Waals surface area contributed by atoms with Crippen LogP contribution in [0.4, 0.5) is 0 Å². The Labute approximate surface area is 127 Å². The summed E-state index contributed by atoms with van der Waals surface area (Å²) in [4.78, 5) is 14.7. The summed E-state index contributed by atoms with van der Waals surface area (Å²) in [6.45, 7) is 10.0. The Hall–Kier alpha value is -1.55. The molecule has 1 aliphatic rings. The molecule has 1 heterocycles. The molecule has 2 rings (SSSR count). The number of nitrogens with zero attached hydrogens (tertiary/aromatic N) is 1. The highest BCUT2D eigenvalue weighted by Gasteiger charge is 2.61. The van der Waals surface area contributed by atoms with E-state index in [4.69, 9.17) is 9.47 Å². The summed E-state index contributed by atoms with van der Waals surface area (Å²) in [5.41, 5.74) is 0.266. The summed E-state index contributed by atoms with van der Waals surface area (Å²) in [5.74, 6) is 0.867. The van der Waals surface area contributed by atoms with Gasteiger partial charge in [0.1, 0.15) is 11.9 Å². The van der Waals surface area contributed by atoms with Gasteiger partial charge in [-0.05, 0) is 52.3 Å². The Morgan fingerprint density at radius 1 is 1.19 bits per heavy atom. The predicted octanol–water partition coefficient (Wildman–Crippen LogP) is 3.17.